The van der Waals surface area contributed by atoms with Gasteiger partial charge < -0.3 is 16.0 Å². The normalized spacial score (nSPS) is 25.4. The summed E-state index contributed by atoms with van der Waals surface area (Å²) in [6, 6.07) is 0. The summed E-state index contributed by atoms with van der Waals surface area (Å²) < 4.78 is 0. The molecule has 1 unspecified atom stereocenters. The number of carbonyl (C=O) groups is 2. The van der Waals surface area contributed by atoms with Crippen molar-refractivity contribution in [1.29, 1.82) is 0 Å². The second-order valence-electron chi connectivity index (χ2n) is 5.04. The minimum atomic E-state index is -0.110. The maximum Gasteiger partial charge on any atom is 0.239 e. The zero-order valence-corrected chi connectivity index (χ0v) is 10.3. The Hall–Kier alpha value is -1.10. The van der Waals surface area contributed by atoms with Gasteiger partial charge in [-0.25, -0.2) is 0 Å². The van der Waals surface area contributed by atoms with Gasteiger partial charge in [-0.05, 0) is 44.7 Å². The summed E-state index contributed by atoms with van der Waals surface area (Å²) in [5, 5.41) is 8.71. The van der Waals surface area contributed by atoms with Gasteiger partial charge in [0, 0.05) is 12.5 Å². The SMILES string of the molecule is CCNC(=O)CNC(=O)C1CC12CCNCC2. The first kappa shape index (κ1) is 12.4. The van der Waals surface area contributed by atoms with Gasteiger partial charge in [0.25, 0.3) is 0 Å². The molecule has 2 amide bonds. The summed E-state index contributed by atoms with van der Waals surface area (Å²) in [6.07, 6.45) is 3.17. The van der Waals surface area contributed by atoms with Crippen molar-refractivity contribution in [3.05, 3.63) is 0 Å². The first-order chi connectivity index (χ1) is 8.18. The summed E-state index contributed by atoms with van der Waals surface area (Å²) in [5.41, 5.74) is 0.247. The number of hydrogen-bond acceptors (Lipinski definition) is 3. The van der Waals surface area contributed by atoms with Gasteiger partial charge in [-0.1, -0.05) is 0 Å². The fourth-order valence-electron chi connectivity index (χ4n) is 2.75. The van der Waals surface area contributed by atoms with Crippen molar-refractivity contribution in [2.75, 3.05) is 26.2 Å². The largest absolute Gasteiger partial charge is 0.355 e. The van der Waals surface area contributed by atoms with Crippen molar-refractivity contribution in [3.8, 4) is 0 Å². The fraction of sp³-hybridized carbons (Fsp3) is 0.833. The zero-order chi connectivity index (χ0) is 12.3. The molecule has 2 fully saturated rings. The van der Waals surface area contributed by atoms with Crippen molar-refractivity contribution < 1.29 is 9.59 Å². The van der Waals surface area contributed by atoms with E-state index in [4.69, 9.17) is 0 Å². The third-order valence-corrected chi connectivity index (χ3v) is 3.90. The third-order valence-electron chi connectivity index (χ3n) is 3.90. The Morgan fingerprint density at radius 2 is 2.00 bits per heavy atom. The Kier molecular flexibility index (Phi) is 3.66. The molecule has 0 aromatic heterocycles. The molecule has 1 aliphatic heterocycles. The average Bonchev–Trinajstić information content (AvgIpc) is 3.01. The van der Waals surface area contributed by atoms with E-state index in [-0.39, 0.29) is 29.7 Å². The molecule has 3 N–H and O–H groups in total. The van der Waals surface area contributed by atoms with Crippen LogP contribution < -0.4 is 16.0 Å². The van der Waals surface area contributed by atoms with E-state index in [2.05, 4.69) is 16.0 Å². The predicted octanol–water partition coefficient (Wildman–Crippen LogP) is -0.372. The molecule has 0 aromatic rings. The van der Waals surface area contributed by atoms with E-state index in [1.807, 2.05) is 6.92 Å². The molecule has 0 radical (unpaired) electrons. The van der Waals surface area contributed by atoms with E-state index in [0.717, 1.165) is 32.4 Å². The number of likely N-dealkylation sites (N-methyl/N-ethyl adjacent to an activating group) is 1. The first-order valence-electron chi connectivity index (χ1n) is 6.43. The minimum absolute atomic E-state index is 0.0538. The number of amides is 2. The van der Waals surface area contributed by atoms with E-state index < -0.39 is 0 Å². The van der Waals surface area contributed by atoms with Crippen LogP contribution in [-0.4, -0.2) is 38.0 Å². The van der Waals surface area contributed by atoms with Gasteiger partial charge in [0.05, 0.1) is 6.54 Å². The van der Waals surface area contributed by atoms with Gasteiger partial charge in [0.15, 0.2) is 0 Å². The standard InChI is InChI=1S/C12H21N3O2/c1-2-14-10(16)8-15-11(17)9-7-12(9)3-5-13-6-4-12/h9,13H,2-8H2,1H3,(H,14,16)(H,15,17). The Morgan fingerprint density at radius 1 is 1.29 bits per heavy atom. The van der Waals surface area contributed by atoms with Gasteiger partial charge in [-0.3, -0.25) is 9.59 Å². The second kappa shape index (κ2) is 5.04. The Balaban J connectivity index is 1.73. The topological polar surface area (TPSA) is 70.2 Å². The molecule has 5 nitrogen and oxygen atoms in total. The molecular formula is C12H21N3O2. The van der Waals surface area contributed by atoms with E-state index in [1.54, 1.807) is 0 Å². The number of carbonyl (C=O) groups excluding carboxylic acids is 2. The Bertz CT molecular complexity index is 311. The van der Waals surface area contributed by atoms with Crippen LogP contribution in [0.1, 0.15) is 26.2 Å². The molecule has 0 aromatic carbocycles. The summed E-state index contributed by atoms with van der Waals surface area (Å²) in [6.45, 7) is 4.61. The maximum atomic E-state index is 11.9. The molecule has 1 aliphatic carbocycles. The van der Waals surface area contributed by atoms with Crippen molar-refractivity contribution in [1.82, 2.24) is 16.0 Å². The highest BCUT2D eigenvalue weighted by atomic mass is 16.2. The van der Waals surface area contributed by atoms with Crippen LogP contribution >= 0.6 is 0 Å². The van der Waals surface area contributed by atoms with Crippen LogP contribution in [0.5, 0.6) is 0 Å². The summed E-state index contributed by atoms with van der Waals surface area (Å²) in [7, 11) is 0. The highest BCUT2D eigenvalue weighted by molar-refractivity contribution is 5.87. The predicted molar refractivity (Wildman–Crippen MR) is 64.3 cm³/mol. The summed E-state index contributed by atoms with van der Waals surface area (Å²) in [5.74, 6) is 0.0815. The molecule has 96 valence electrons. The highest BCUT2D eigenvalue weighted by Crippen LogP contribution is 2.58. The van der Waals surface area contributed by atoms with Crippen LogP contribution in [0.3, 0.4) is 0 Å². The molecule has 2 rings (SSSR count). The van der Waals surface area contributed by atoms with E-state index in [9.17, 15) is 9.59 Å². The van der Waals surface area contributed by atoms with E-state index in [0.29, 0.717) is 6.54 Å². The molecule has 17 heavy (non-hydrogen) atoms. The quantitative estimate of drug-likeness (QED) is 0.627. The first-order valence-corrected chi connectivity index (χ1v) is 6.43. The molecule has 0 bridgehead atoms. The molecule has 1 heterocycles. The average molecular weight is 239 g/mol. The van der Waals surface area contributed by atoms with Crippen LogP contribution in [-0.2, 0) is 9.59 Å². The van der Waals surface area contributed by atoms with E-state index >= 15 is 0 Å². The molecule has 5 heteroatoms. The maximum absolute atomic E-state index is 11.9. The van der Waals surface area contributed by atoms with Crippen LogP contribution in [0.2, 0.25) is 0 Å². The molecule has 1 atom stereocenters. The lowest BCUT2D eigenvalue weighted by atomic mass is 9.92. The molecule has 2 aliphatic rings. The van der Waals surface area contributed by atoms with Crippen molar-refractivity contribution in [2.45, 2.75) is 26.2 Å². The van der Waals surface area contributed by atoms with Crippen LogP contribution in [0, 0.1) is 11.3 Å². The minimum Gasteiger partial charge on any atom is -0.355 e. The second-order valence-corrected chi connectivity index (χ2v) is 5.04. The Labute approximate surface area is 102 Å². The summed E-state index contributed by atoms with van der Waals surface area (Å²) in [4.78, 5) is 23.1. The van der Waals surface area contributed by atoms with Gasteiger partial charge in [-0.2, -0.15) is 0 Å². The molecule has 1 spiro atoms. The van der Waals surface area contributed by atoms with Crippen molar-refractivity contribution in [2.24, 2.45) is 11.3 Å². The highest BCUT2D eigenvalue weighted by Gasteiger charge is 2.57. The van der Waals surface area contributed by atoms with Crippen LogP contribution in [0.15, 0.2) is 0 Å². The number of piperidine rings is 1. The third kappa shape index (κ3) is 2.77. The molecular weight excluding hydrogens is 218 g/mol. The fourth-order valence-corrected chi connectivity index (χ4v) is 2.75. The number of nitrogens with one attached hydrogen (secondary N) is 3. The van der Waals surface area contributed by atoms with Crippen molar-refractivity contribution in [3.63, 3.8) is 0 Å². The smallest absolute Gasteiger partial charge is 0.239 e. The number of hydrogen-bond donors (Lipinski definition) is 3. The van der Waals surface area contributed by atoms with Gasteiger partial charge in [0.1, 0.15) is 0 Å². The van der Waals surface area contributed by atoms with Crippen LogP contribution in [0.25, 0.3) is 0 Å². The zero-order valence-electron chi connectivity index (χ0n) is 10.3. The molecule has 1 saturated carbocycles. The van der Waals surface area contributed by atoms with Crippen LogP contribution in [0.4, 0.5) is 0 Å². The monoisotopic (exact) mass is 239 g/mol. The van der Waals surface area contributed by atoms with E-state index in [1.165, 1.54) is 0 Å². The van der Waals surface area contributed by atoms with Gasteiger partial charge in [-0.15, -0.1) is 0 Å². The molecule has 1 saturated heterocycles. The Morgan fingerprint density at radius 3 is 2.65 bits per heavy atom. The lowest BCUT2D eigenvalue weighted by Gasteiger charge is -2.23. The van der Waals surface area contributed by atoms with Gasteiger partial charge in [0.2, 0.25) is 11.8 Å². The number of rotatable bonds is 4. The van der Waals surface area contributed by atoms with Crippen molar-refractivity contribution >= 4 is 11.8 Å². The lowest BCUT2D eigenvalue weighted by molar-refractivity contribution is -0.127. The van der Waals surface area contributed by atoms with Gasteiger partial charge >= 0.3 is 0 Å². The summed E-state index contributed by atoms with van der Waals surface area (Å²) >= 11 is 0. The lowest BCUT2D eigenvalue weighted by Crippen LogP contribution is -2.39.